The summed E-state index contributed by atoms with van der Waals surface area (Å²) in [4.78, 5) is 14.2. The maximum absolute atomic E-state index is 12.4. The predicted octanol–water partition coefficient (Wildman–Crippen LogP) is 1.40. The van der Waals surface area contributed by atoms with Gasteiger partial charge in [-0.2, -0.15) is 5.10 Å². The van der Waals surface area contributed by atoms with E-state index >= 15 is 0 Å². The van der Waals surface area contributed by atoms with Gasteiger partial charge >= 0.3 is 0 Å². The van der Waals surface area contributed by atoms with E-state index in [1.807, 2.05) is 22.8 Å². The van der Waals surface area contributed by atoms with Crippen LogP contribution in [0.5, 0.6) is 0 Å². The van der Waals surface area contributed by atoms with E-state index in [1.165, 1.54) is 12.5 Å². The monoisotopic (exact) mass is 275 g/mol. The summed E-state index contributed by atoms with van der Waals surface area (Å²) in [6.45, 7) is 1.78. The number of ether oxygens (including phenoxy) is 1. The lowest BCUT2D eigenvalue weighted by molar-refractivity contribution is 0.0675. The van der Waals surface area contributed by atoms with Gasteiger partial charge in [0.1, 0.15) is 6.26 Å². The minimum absolute atomic E-state index is 0.0191. The number of methoxy groups -OCH3 is 1. The van der Waals surface area contributed by atoms with Gasteiger partial charge in [-0.1, -0.05) is 0 Å². The lowest BCUT2D eigenvalue weighted by atomic mass is 9.96. The molecular weight excluding hydrogens is 258 g/mol. The molecule has 0 bridgehead atoms. The molecule has 0 spiro atoms. The molecule has 0 unspecified atom stereocenters. The SMILES string of the molecule is COC[C@@H]1CN(C(=O)c2ccoc2)Cc2cnn(C)c21. The number of fused-ring (bicyclic) bond motifs is 1. The summed E-state index contributed by atoms with van der Waals surface area (Å²) >= 11 is 0. The molecule has 1 aliphatic rings. The van der Waals surface area contributed by atoms with E-state index in [2.05, 4.69) is 5.10 Å². The highest BCUT2D eigenvalue weighted by Gasteiger charge is 2.31. The molecule has 0 saturated carbocycles. The topological polar surface area (TPSA) is 60.5 Å². The van der Waals surface area contributed by atoms with Gasteiger partial charge in [0.25, 0.3) is 5.91 Å². The zero-order valence-electron chi connectivity index (χ0n) is 11.6. The molecule has 0 radical (unpaired) electrons. The predicted molar refractivity (Wildman–Crippen MR) is 71.3 cm³/mol. The number of carbonyl (C=O) groups excluding carboxylic acids is 1. The van der Waals surface area contributed by atoms with Crippen LogP contribution in [0.2, 0.25) is 0 Å². The lowest BCUT2D eigenvalue weighted by Crippen LogP contribution is -2.39. The van der Waals surface area contributed by atoms with E-state index in [0.717, 1.165) is 11.3 Å². The Morgan fingerprint density at radius 2 is 2.45 bits per heavy atom. The average Bonchev–Trinajstić information content (AvgIpc) is 3.08. The lowest BCUT2D eigenvalue weighted by Gasteiger charge is -2.32. The number of furan rings is 1. The molecular formula is C14H17N3O3. The van der Waals surface area contributed by atoms with E-state index in [0.29, 0.717) is 25.3 Å². The van der Waals surface area contributed by atoms with Crippen LogP contribution in [0.4, 0.5) is 0 Å². The number of amides is 1. The quantitative estimate of drug-likeness (QED) is 0.849. The second-order valence-electron chi connectivity index (χ2n) is 5.03. The van der Waals surface area contributed by atoms with Crippen molar-refractivity contribution in [1.82, 2.24) is 14.7 Å². The zero-order chi connectivity index (χ0) is 14.1. The molecule has 20 heavy (non-hydrogen) atoms. The van der Waals surface area contributed by atoms with Gasteiger partial charge in [-0.3, -0.25) is 9.48 Å². The first kappa shape index (κ1) is 12.9. The van der Waals surface area contributed by atoms with Crippen molar-refractivity contribution in [3.63, 3.8) is 0 Å². The van der Waals surface area contributed by atoms with Gasteiger partial charge in [0.2, 0.25) is 0 Å². The van der Waals surface area contributed by atoms with Crippen molar-refractivity contribution < 1.29 is 13.9 Å². The fourth-order valence-electron chi connectivity index (χ4n) is 2.82. The molecule has 1 atom stereocenters. The molecule has 3 rings (SSSR count). The number of hydrogen-bond donors (Lipinski definition) is 0. The van der Waals surface area contributed by atoms with Gasteiger partial charge in [-0.15, -0.1) is 0 Å². The maximum atomic E-state index is 12.4. The highest BCUT2D eigenvalue weighted by Crippen LogP contribution is 2.29. The van der Waals surface area contributed by atoms with Gasteiger partial charge < -0.3 is 14.1 Å². The van der Waals surface area contributed by atoms with Crippen molar-refractivity contribution in [2.24, 2.45) is 7.05 Å². The molecule has 2 aromatic heterocycles. The van der Waals surface area contributed by atoms with Crippen LogP contribution in [0.25, 0.3) is 0 Å². The third kappa shape index (κ3) is 2.12. The Kier molecular flexibility index (Phi) is 3.31. The van der Waals surface area contributed by atoms with Crippen molar-refractivity contribution in [2.75, 3.05) is 20.3 Å². The maximum Gasteiger partial charge on any atom is 0.257 e. The summed E-state index contributed by atoms with van der Waals surface area (Å²) in [5.74, 6) is 0.126. The van der Waals surface area contributed by atoms with E-state index in [-0.39, 0.29) is 11.8 Å². The van der Waals surface area contributed by atoms with Crippen molar-refractivity contribution in [3.05, 3.63) is 41.6 Å². The van der Waals surface area contributed by atoms with Crippen molar-refractivity contribution in [2.45, 2.75) is 12.5 Å². The zero-order valence-corrected chi connectivity index (χ0v) is 11.6. The number of aromatic nitrogens is 2. The number of nitrogens with zero attached hydrogens (tertiary/aromatic N) is 3. The van der Waals surface area contributed by atoms with Crippen molar-refractivity contribution in [3.8, 4) is 0 Å². The molecule has 6 heteroatoms. The molecule has 0 saturated heterocycles. The van der Waals surface area contributed by atoms with Crippen molar-refractivity contribution >= 4 is 5.91 Å². The van der Waals surface area contributed by atoms with E-state index in [1.54, 1.807) is 13.2 Å². The molecule has 0 aliphatic carbocycles. The van der Waals surface area contributed by atoms with Crippen LogP contribution in [-0.2, 0) is 18.3 Å². The first-order valence-electron chi connectivity index (χ1n) is 6.52. The molecule has 1 aliphatic heterocycles. The Hall–Kier alpha value is -2.08. The van der Waals surface area contributed by atoms with Gasteiger partial charge in [0, 0.05) is 38.7 Å². The first-order valence-corrected chi connectivity index (χ1v) is 6.52. The standard InChI is InChI=1S/C14H17N3O3/c1-16-13-11(5-15-16)6-17(7-12(13)8-19-2)14(18)10-3-4-20-9-10/h3-5,9,12H,6-8H2,1-2H3/t12-/m0/s1. The van der Waals surface area contributed by atoms with Crippen molar-refractivity contribution in [1.29, 1.82) is 0 Å². The van der Waals surface area contributed by atoms with E-state index in [4.69, 9.17) is 9.15 Å². The Morgan fingerprint density at radius 1 is 1.60 bits per heavy atom. The van der Waals surface area contributed by atoms with Crippen LogP contribution in [0.15, 0.2) is 29.2 Å². The van der Waals surface area contributed by atoms with Gasteiger partial charge in [-0.25, -0.2) is 0 Å². The van der Waals surface area contributed by atoms with Gasteiger partial charge in [0.05, 0.1) is 30.3 Å². The number of carbonyl (C=O) groups is 1. The summed E-state index contributed by atoms with van der Waals surface area (Å²) < 4.78 is 12.1. The van der Waals surface area contributed by atoms with Crippen LogP contribution in [0.3, 0.4) is 0 Å². The number of rotatable bonds is 3. The highest BCUT2D eigenvalue weighted by molar-refractivity contribution is 5.94. The summed E-state index contributed by atoms with van der Waals surface area (Å²) in [6.07, 6.45) is 4.82. The Balaban J connectivity index is 1.88. The number of aryl methyl sites for hydroxylation is 1. The molecule has 0 N–H and O–H groups in total. The minimum Gasteiger partial charge on any atom is -0.472 e. The van der Waals surface area contributed by atoms with Gasteiger partial charge in [0.15, 0.2) is 0 Å². The van der Waals surface area contributed by atoms with Gasteiger partial charge in [-0.05, 0) is 6.07 Å². The normalized spacial score (nSPS) is 18.1. The third-order valence-electron chi connectivity index (χ3n) is 3.68. The minimum atomic E-state index is -0.0191. The largest absolute Gasteiger partial charge is 0.472 e. The molecule has 2 aromatic rings. The van der Waals surface area contributed by atoms with Crippen LogP contribution >= 0.6 is 0 Å². The summed E-state index contributed by atoms with van der Waals surface area (Å²) in [5.41, 5.74) is 2.81. The molecule has 0 aromatic carbocycles. The summed E-state index contributed by atoms with van der Waals surface area (Å²) in [5, 5.41) is 4.29. The van der Waals surface area contributed by atoms with E-state index in [9.17, 15) is 4.79 Å². The summed E-state index contributed by atoms with van der Waals surface area (Å²) in [6, 6.07) is 1.69. The van der Waals surface area contributed by atoms with Crippen LogP contribution in [0.1, 0.15) is 27.5 Å². The van der Waals surface area contributed by atoms with Crippen LogP contribution in [-0.4, -0.2) is 40.8 Å². The summed E-state index contributed by atoms with van der Waals surface area (Å²) in [7, 11) is 3.60. The fraction of sp³-hybridized carbons (Fsp3) is 0.429. The number of hydrogen-bond acceptors (Lipinski definition) is 4. The van der Waals surface area contributed by atoms with Crippen LogP contribution in [0, 0.1) is 0 Å². The Morgan fingerprint density at radius 3 is 3.15 bits per heavy atom. The molecule has 0 fully saturated rings. The highest BCUT2D eigenvalue weighted by atomic mass is 16.5. The second-order valence-corrected chi connectivity index (χ2v) is 5.03. The van der Waals surface area contributed by atoms with E-state index < -0.39 is 0 Å². The molecule has 1 amide bonds. The molecule has 3 heterocycles. The smallest absolute Gasteiger partial charge is 0.257 e. The average molecular weight is 275 g/mol. The Labute approximate surface area is 116 Å². The third-order valence-corrected chi connectivity index (χ3v) is 3.68. The fourth-order valence-corrected chi connectivity index (χ4v) is 2.82. The molecule has 6 nitrogen and oxygen atoms in total. The Bertz CT molecular complexity index is 603. The molecule has 106 valence electrons. The second kappa shape index (κ2) is 5.13. The first-order chi connectivity index (χ1) is 9.70. The van der Waals surface area contributed by atoms with Crippen LogP contribution < -0.4 is 0 Å².